The van der Waals surface area contributed by atoms with Gasteiger partial charge in [0.15, 0.2) is 0 Å². The lowest BCUT2D eigenvalue weighted by molar-refractivity contribution is -0.297. The van der Waals surface area contributed by atoms with Crippen LogP contribution in [-0.4, -0.2) is 25.3 Å². The molecule has 19 heavy (non-hydrogen) atoms. The van der Waals surface area contributed by atoms with Gasteiger partial charge in [-0.25, -0.2) is 0 Å². The summed E-state index contributed by atoms with van der Waals surface area (Å²) in [4.78, 5) is 0. The van der Waals surface area contributed by atoms with E-state index < -0.39 is 18.7 Å². The van der Waals surface area contributed by atoms with Gasteiger partial charge in [-0.05, 0) is 24.1 Å². The van der Waals surface area contributed by atoms with Crippen LogP contribution in [0.4, 0.5) is 22.0 Å². The average Bonchev–Trinajstić information content (AvgIpc) is 2.30. The lowest BCUT2D eigenvalue weighted by Gasteiger charge is -2.19. The van der Waals surface area contributed by atoms with Gasteiger partial charge in [-0.3, -0.25) is 0 Å². The van der Waals surface area contributed by atoms with Gasteiger partial charge >= 0.3 is 12.1 Å². The van der Waals surface area contributed by atoms with Gasteiger partial charge in [0.1, 0.15) is 6.61 Å². The summed E-state index contributed by atoms with van der Waals surface area (Å²) in [7, 11) is 0. The molecule has 0 aromatic heterocycles. The zero-order valence-corrected chi connectivity index (χ0v) is 10.0. The van der Waals surface area contributed by atoms with Gasteiger partial charge in [-0.15, -0.1) is 0 Å². The van der Waals surface area contributed by atoms with E-state index >= 15 is 0 Å². The maximum absolute atomic E-state index is 12.5. The fraction of sp³-hybridized carbons (Fsp3) is 0.500. The highest BCUT2D eigenvalue weighted by molar-refractivity contribution is 5.22. The van der Waals surface area contributed by atoms with E-state index in [4.69, 9.17) is 5.73 Å². The molecule has 108 valence electrons. The molecular formula is C12H14F5NO. The van der Waals surface area contributed by atoms with Crippen LogP contribution >= 0.6 is 0 Å². The Bertz CT molecular complexity index is 388. The average molecular weight is 283 g/mol. The van der Waals surface area contributed by atoms with Gasteiger partial charge < -0.3 is 10.5 Å². The number of hydrogen-bond donors (Lipinski definition) is 1. The maximum atomic E-state index is 12.5. The zero-order valence-electron chi connectivity index (χ0n) is 10.0. The molecule has 0 heterocycles. The first kappa shape index (κ1) is 15.8. The van der Waals surface area contributed by atoms with E-state index in [2.05, 4.69) is 4.74 Å². The standard InChI is InChI=1S/C12H14F5NO/c13-11(14,12(15,16)17)8-19-7-10-3-1-9(2-4-10)5-6-18/h1-4H,5-8,18H2. The van der Waals surface area contributed by atoms with Crippen molar-refractivity contribution in [3.63, 3.8) is 0 Å². The smallest absolute Gasteiger partial charge is 0.370 e. The quantitative estimate of drug-likeness (QED) is 0.815. The first-order valence-corrected chi connectivity index (χ1v) is 5.56. The molecule has 0 aliphatic rings. The predicted octanol–water partition coefficient (Wildman–Crippen LogP) is 2.90. The second kappa shape index (κ2) is 6.29. The van der Waals surface area contributed by atoms with E-state index in [9.17, 15) is 22.0 Å². The molecular weight excluding hydrogens is 269 g/mol. The van der Waals surface area contributed by atoms with Crippen molar-refractivity contribution in [2.75, 3.05) is 13.2 Å². The predicted molar refractivity (Wildman–Crippen MR) is 59.9 cm³/mol. The highest BCUT2D eigenvalue weighted by Crippen LogP contribution is 2.35. The topological polar surface area (TPSA) is 35.2 Å². The van der Waals surface area contributed by atoms with Gasteiger partial charge in [-0.2, -0.15) is 22.0 Å². The number of halogens is 5. The van der Waals surface area contributed by atoms with E-state index in [0.717, 1.165) is 5.56 Å². The van der Waals surface area contributed by atoms with Crippen molar-refractivity contribution in [2.45, 2.75) is 25.1 Å². The number of ether oxygens (including phenoxy) is 1. The monoisotopic (exact) mass is 283 g/mol. The molecule has 0 amide bonds. The molecule has 1 rings (SSSR count). The van der Waals surface area contributed by atoms with Crippen LogP contribution in [0.15, 0.2) is 24.3 Å². The van der Waals surface area contributed by atoms with Crippen LogP contribution in [0.2, 0.25) is 0 Å². The molecule has 7 heteroatoms. The minimum absolute atomic E-state index is 0.297. The van der Waals surface area contributed by atoms with Gasteiger partial charge in [0.2, 0.25) is 0 Å². The Morgan fingerprint density at radius 1 is 0.947 bits per heavy atom. The Balaban J connectivity index is 2.45. The summed E-state index contributed by atoms with van der Waals surface area (Å²) in [5, 5.41) is 0. The molecule has 0 fully saturated rings. The number of nitrogens with two attached hydrogens (primary N) is 1. The summed E-state index contributed by atoms with van der Waals surface area (Å²) >= 11 is 0. The van der Waals surface area contributed by atoms with Crippen molar-refractivity contribution in [2.24, 2.45) is 5.73 Å². The van der Waals surface area contributed by atoms with Crippen molar-refractivity contribution < 1.29 is 26.7 Å². The Morgan fingerprint density at radius 3 is 1.95 bits per heavy atom. The number of hydrogen-bond acceptors (Lipinski definition) is 2. The third kappa shape index (κ3) is 4.76. The molecule has 0 atom stereocenters. The molecule has 0 aliphatic carbocycles. The molecule has 1 aromatic carbocycles. The first-order chi connectivity index (χ1) is 8.76. The van der Waals surface area contributed by atoms with Crippen LogP contribution in [-0.2, 0) is 17.8 Å². The van der Waals surface area contributed by atoms with Crippen molar-refractivity contribution >= 4 is 0 Å². The lowest BCUT2D eigenvalue weighted by Crippen LogP contribution is -2.40. The Morgan fingerprint density at radius 2 is 1.47 bits per heavy atom. The molecule has 2 N–H and O–H groups in total. The van der Waals surface area contributed by atoms with Crippen LogP contribution in [0.1, 0.15) is 11.1 Å². The van der Waals surface area contributed by atoms with Crippen LogP contribution in [0.25, 0.3) is 0 Å². The minimum atomic E-state index is -5.59. The van der Waals surface area contributed by atoms with E-state index in [1.165, 1.54) is 0 Å². The number of rotatable bonds is 6. The Labute approximate surface area is 107 Å². The molecule has 0 saturated heterocycles. The Hall–Kier alpha value is -1.21. The molecule has 0 radical (unpaired) electrons. The van der Waals surface area contributed by atoms with Crippen molar-refractivity contribution in [1.29, 1.82) is 0 Å². The van der Waals surface area contributed by atoms with Crippen molar-refractivity contribution in [3.8, 4) is 0 Å². The molecule has 0 bridgehead atoms. The summed E-state index contributed by atoms with van der Waals surface area (Å²) in [5.41, 5.74) is 6.84. The largest absolute Gasteiger partial charge is 0.455 e. The molecule has 1 aromatic rings. The van der Waals surface area contributed by atoms with Crippen LogP contribution in [0.5, 0.6) is 0 Å². The highest BCUT2D eigenvalue weighted by Gasteiger charge is 2.57. The molecule has 2 nitrogen and oxygen atoms in total. The second-order valence-corrected chi connectivity index (χ2v) is 4.05. The maximum Gasteiger partial charge on any atom is 0.455 e. The molecule has 0 aliphatic heterocycles. The van der Waals surface area contributed by atoms with E-state index in [1.807, 2.05) is 0 Å². The van der Waals surface area contributed by atoms with Crippen LogP contribution in [0.3, 0.4) is 0 Å². The highest BCUT2D eigenvalue weighted by atomic mass is 19.4. The second-order valence-electron chi connectivity index (χ2n) is 4.05. The SMILES string of the molecule is NCCc1ccc(COCC(F)(F)C(F)(F)F)cc1. The van der Waals surface area contributed by atoms with Crippen LogP contribution < -0.4 is 5.73 Å². The van der Waals surface area contributed by atoms with Gasteiger partial charge in [-0.1, -0.05) is 24.3 Å². The Kier molecular flexibility index (Phi) is 5.25. The van der Waals surface area contributed by atoms with Gasteiger partial charge in [0, 0.05) is 0 Å². The molecule has 0 spiro atoms. The summed E-state index contributed by atoms with van der Waals surface area (Å²) in [6.45, 7) is -1.50. The fourth-order valence-corrected chi connectivity index (χ4v) is 1.35. The summed E-state index contributed by atoms with van der Waals surface area (Å²) in [6, 6.07) is 6.67. The van der Waals surface area contributed by atoms with E-state index in [0.29, 0.717) is 18.5 Å². The van der Waals surface area contributed by atoms with Crippen molar-refractivity contribution in [1.82, 2.24) is 0 Å². The van der Waals surface area contributed by atoms with Crippen LogP contribution in [0, 0.1) is 0 Å². The third-order valence-corrected chi connectivity index (χ3v) is 2.42. The fourth-order valence-electron chi connectivity index (χ4n) is 1.35. The van der Waals surface area contributed by atoms with Gasteiger partial charge in [0.05, 0.1) is 6.61 Å². The zero-order chi connectivity index (χ0) is 14.5. The van der Waals surface area contributed by atoms with Gasteiger partial charge in [0.25, 0.3) is 0 Å². The molecule has 0 saturated carbocycles. The van der Waals surface area contributed by atoms with E-state index in [1.54, 1.807) is 24.3 Å². The third-order valence-electron chi connectivity index (χ3n) is 2.42. The summed E-state index contributed by atoms with van der Waals surface area (Å²) in [5.74, 6) is -4.83. The number of benzene rings is 1. The lowest BCUT2D eigenvalue weighted by atomic mass is 10.1. The summed E-state index contributed by atoms with van der Waals surface area (Å²) < 4.78 is 65.0. The number of alkyl halides is 5. The summed E-state index contributed by atoms with van der Waals surface area (Å²) in [6.07, 6.45) is -4.91. The minimum Gasteiger partial charge on any atom is -0.370 e. The van der Waals surface area contributed by atoms with Crippen molar-refractivity contribution in [3.05, 3.63) is 35.4 Å². The normalized spacial score (nSPS) is 12.7. The molecule has 0 unspecified atom stereocenters. The first-order valence-electron chi connectivity index (χ1n) is 5.56. The van der Waals surface area contributed by atoms with E-state index in [-0.39, 0.29) is 6.61 Å².